The SMILES string of the molecule is COC1(C)CC(Nc2nnc(-c3ccc(C#CCl)cc3O)c3ccccc23)C1. The van der Waals surface area contributed by atoms with Crippen molar-refractivity contribution in [1.29, 1.82) is 0 Å². The van der Waals surface area contributed by atoms with Crippen molar-refractivity contribution in [3.05, 3.63) is 48.0 Å². The number of nitrogens with one attached hydrogen (secondary N) is 1. The monoisotopic (exact) mass is 393 g/mol. The van der Waals surface area contributed by atoms with Crippen LogP contribution in [0.4, 0.5) is 5.82 Å². The smallest absolute Gasteiger partial charge is 0.156 e. The van der Waals surface area contributed by atoms with Gasteiger partial charge in [-0.05, 0) is 55.5 Å². The van der Waals surface area contributed by atoms with Gasteiger partial charge in [-0.15, -0.1) is 10.2 Å². The van der Waals surface area contributed by atoms with E-state index in [1.807, 2.05) is 24.3 Å². The molecule has 0 atom stereocenters. The summed E-state index contributed by atoms with van der Waals surface area (Å²) in [6.07, 6.45) is 1.84. The van der Waals surface area contributed by atoms with Crippen molar-refractivity contribution in [3.63, 3.8) is 0 Å². The highest BCUT2D eigenvalue weighted by atomic mass is 35.5. The first kappa shape index (κ1) is 18.5. The average Bonchev–Trinajstić information content (AvgIpc) is 2.68. The molecule has 1 aliphatic rings. The van der Waals surface area contributed by atoms with Crippen LogP contribution in [0, 0.1) is 11.3 Å². The predicted octanol–water partition coefficient (Wildman–Crippen LogP) is 4.53. The van der Waals surface area contributed by atoms with Gasteiger partial charge >= 0.3 is 0 Å². The van der Waals surface area contributed by atoms with Gasteiger partial charge in [-0.3, -0.25) is 0 Å². The van der Waals surface area contributed by atoms with Crippen LogP contribution >= 0.6 is 11.6 Å². The summed E-state index contributed by atoms with van der Waals surface area (Å²) < 4.78 is 5.52. The Morgan fingerprint density at radius 1 is 1.18 bits per heavy atom. The minimum atomic E-state index is -0.0691. The molecule has 0 unspecified atom stereocenters. The second kappa shape index (κ2) is 7.31. The summed E-state index contributed by atoms with van der Waals surface area (Å²) in [5, 5.41) is 27.0. The van der Waals surface area contributed by atoms with E-state index in [4.69, 9.17) is 16.3 Å². The Morgan fingerprint density at radius 3 is 2.61 bits per heavy atom. The van der Waals surface area contributed by atoms with Gasteiger partial charge < -0.3 is 15.2 Å². The van der Waals surface area contributed by atoms with E-state index in [1.54, 1.807) is 25.3 Å². The maximum absolute atomic E-state index is 10.5. The minimum Gasteiger partial charge on any atom is -0.507 e. The number of benzene rings is 2. The quantitative estimate of drug-likeness (QED) is 0.637. The van der Waals surface area contributed by atoms with Crippen LogP contribution in [-0.2, 0) is 4.74 Å². The highest BCUT2D eigenvalue weighted by Crippen LogP contribution is 2.39. The van der Waals surface area contributed by atoms with E-state index >= 15 is 0 Å². The number of hydrogen-bond acceptors (Lipinski definition) is 5. The van der Waals surface area contributed by atoms with E-state index in [2.05, 4.69) is 33.7 Å². The van der Waals surface area contributed by atoms with Crippen LogP contribution in [0.25, 0.3) is 22.0 Å². The fourth-order valence-corrected chi connectivity index (χ4v) is 3.83. The Hall–Kier alpha value is -2.81. The first-order chi connectivity index (χ1) is 13.5. The van der Waals surface area contributed by atoms with Gasteiger partial charge in [0.25, 0.3) is 0 Å². The number of nitrogens with zero attached hydrogens (tertiary/aromatic N) is 2. The molecule has 0 spiro atoms. The summed E-state index contributed by atoms with van der Waals surface area (Å²) in [4.78, 5) is 0. The highest BCUT2D eigenvalue weighted by Gasteiger charge is 2.40. The van der Waals surface area contributed by atoms with Crippen LogP contribution < -0.4 is 5.32 Å². The maximum Gasteiger partial charge on any atom is 0.156 e. The van der Waals surface area contributed by atoms with Crippen LogP contribution in [-0.4, -0.2) is 34.1 Å². The molecule has 3 aromatic rings. The molecule has 1 saturated carbocycles. The lowest BCUT2D eigenvalue weighted by Gasteiger charge is -2.44. The second-order valence-electron chi connectivity index (χ2n) is 7.30. The number of rotatable bonds is 4. The molecule has 1 aromatic heterocycles. The number of anilines is 1. The van der Waals surface area contributed by atoms with Crippen molar-refractivity contribution in [3.8, 4) is 28.3 Å². The van der Waals surface area contributed by atoms with Gasteiger partial charge in [0.05, 0.1) is 5.60 Å². The van der Waals surface area contributed by atoms with Crippen LogP contribution in [0.2, 0.25) is 0 Å². The lowest BCUT2D eigenvalue weighted by atomic mass is 9.77. The number of phenols is 1. The van der Waals surface area contributed by atoms with Crippen molar-refractivity contribution < 1.29 is 9.84 Å². The zero-order valence-electron chi connectivity index (χ0n) is 15.7. The zero-order valence-corrected chi connectivity index (χ0v) is 16.4. The first-order valence-corrected chi connectivity index (χ1v) is 9.43. The number of methoxy groups -OCH3 is 1. The van der Waals surface area contributed by atoms with E-state index < -0.39 is 0 Å². The summed E-state index contributed by atoms with van der Waals surface area (Å²) in [6, 6.07) is 13.4. The van der Waals surface area contributed by atoms with Crippen molar-refractivity contribution >= 4 is 28.2 Å². The Balaban J connectivity index is 1.71. The van der Waals surface area contributed by atoms with Gasteiger partial charge in [-0.25, -0.2) is 0 Å². The van der Waals surface area contributed by atoms with Gasteiger partial charge in [0, 0.05) is 40.4 Å². The molecule has 4 rings (SSSR count). The topological polar surface area (TPSA) is 67.3 Å². The number of ether oxygens (including phenoxy) is 1. The van der Waals surface area contributed by atoms with Crippen molar-refractivity contribution in [2.24, 2.45) is 0 Å². The predicted molar refractivity (Wildman–Crippen MR) is 111 cm³/mol. The largest absolute Gasteiger partial charge is 0.507 e. The van der Waals surface area contributed by atoms with Crippen molar-refractivity contribution in [2.75, 3.05) is 12.4 Å². The lowest BCUT2D eigenvalue weighted by molar-refractivity contribution is -0.0625. The van der Waals surface area contributed by atoms with Crippen LogP contribution in [0.15, 0.2) is 42.5 Å². The molecule has 1 fully saturated rings. The Kier molecular flexibility index (Phi) is 4.84. The zero-order chi connectivity index (χ0) is 19.7. The molecular formula is C22H20ClN3O2. The van der Waals surface area contributed by atoms with Gasteiger partial charge in [0.15, 0.2) is 5.82 Å². The molecule has 6 heteroatoms. The fraction of sp³-hybridized carbons (Fsp3) is 0.273. The number of hydrogen-bond donors (Lipinski definition) is 2. The fourth-order valence-electron chi connectivity index (χ4n) is 3.72. The molecule has 142 valence electrons. The third-order valence-electron chi connectivity index (χ3n) is 5.32. The highest BCUT2D eigenvalue weighted by molar-refractivity contribution is 6.30. The average molecular weight is 394 g/mol. The number of aromatic nitrogens is 2. The normalized spacial score (nSPS) is 20.9. The first-order valence-electron chi connectivity index (χ1n) is 9.05. The summed E-state index contributed by atoms with van der Waals surface area (Å²) in [5.74, 6) is 3.55. The van der Waals surface area contributed by atoms with Crippen LogP contribution in [0.1, 0.15) is 25.3 Å². The molecule has 0 saturated heterocycles. The van der Waals surface area contributed by atoms with Crippen LogP contribution in [0.3, 0.4) is 0 Å². The third kappa shape index (κ3) is 3.37. The van der Waals surface area contributed by atoms with Gasteiger partial charge in [0.2, 0.25) is 0 Å². The summed E-state index contributed by atoms with van der Waals surface area (Å²) in [7, 11) is 1.75. The molecule has 0 amide bonds. The molecule has 0 radical (unpaired) electrons. The molecule has 28 heavy (non-hydrogen) atoms. The Labute approximate surface area is 168 Å². The third-order valence-corrected chi connectivity index (χ3v) is 5.42. The number of halogens is 1. The summed E-state index contributed by atoms with van der Waals surface area (Å²) in [5.41, 5.74) is 1.80. The molecule has 0 bridgehead atoms. The second-order valence-corrected chi connectivity index (χ2v) is 7.49. The van der Waals surface area contributed by atoms with Gasteiger partial charge in [-0.1, -0.05) is 24.3 Å². The maximum atomic E-state index is 10.5. The van der Waals surface area contributed by atoms with Gasteiger partial charge in [0.1, 0.15) is 11.4 Å². The van der Waals surface area contributed by atoms with E-state index in [1.165, 1.54) is 0 Å². The summed E-state index contributed by atoms with van der Waals surface area (Å²) >= 11 is 5.45. The lowest BCUT2D eigenvalue weighted by Crippen LogP contribution is -2.49. The van der Waals surface area contributed by atoms with Gasteiger partial charge in [-0.2, -0.15) is 0 Å². The number of fused-ring (bicyclic) bond motifs is 1. The van der Waals surface area contributed by atoms with Crippen molar-refractivity contribution in [2.45, 2.75) is 31.4 Å². The Bertz CT molecular complexity index is 1100. The number of phenolic OH excluding ortho intramolecular Hbond substituents is 1. The number of aromatic hydroxyl groups is 1. The molecule has 2 N–H and O–H groups in total. The Morgan fingerprint density at radius 2 is 1.93 bits per heavy atom. The van der Waals surface area contributed by atoms with Crippen LogP contribution in [0.5, 0.6) is 5.75 Å². The van der Waals surface area contributed by atoms with E-state index in [9.17, 15) is 5.11 Å². The van der Waals surface area contributed by atoms with E-state index in [0.29, 0.717) is 22.9 Å². The van der Waals surface area contributed by atoms with E-state index in [-0.39, 0.29) is 11.4 Å². The molecular weight excluding hydrogens is 374 g/mol. The summed E-state index contributed by atoms with van der Waals surface area (Å²) in [6.45, 7) is 2.11. The standard InChI is InChI=1S/C22H20ClN3O2/c1-22(28-2)12-15(13-22)24-21-17-6-4-3-5-16(17)20(25-26-21)18-8-7-14(9-10-23)11-19(18)27/h3-8,11,15,27H,12-13H2,1-2H3,(H,24,26). The van der Waals surface area contributed by atoms with Crippen molar-refractivity contribution in [1.82, 2.24) is 10.2 Å². The molecule has 0 aliphatic heterocycles. The minimum absolute atomic E-state index is 0.0691. The van der Waals surface area contributed by atoms with E-state index in [0.717, 1.165) is 29.4 Å². The molecule has 1 aliphatic carbocycles. The molecule has 2 aromatic carbocycles. The molecule has 1 heterocycles. The molecule has 5 nitrogen and oxygen atoms in total.